The van der Waals surface area contributed by atoms with Gasteiger partial charge in [0.05, 0.1) is 17.0 Å². The van der Waals surface area contributed by atoms with Crippen LogP contribution in [0, 0.1) is 5.92 Å². The molecular formula is C32H39Cl3N4O5S. The second-order valence-corrected chi connectivity index (χ2v) is 14.1. The lowest BCUT2D eigenvalue weighted by molar-refractivity contribution is -0.129. The largest absolute Gasteiger partial charge is 0.472 e. The lowest BCUT2D eigenvalue weighted by Gasteiger charge is -2.20. The Morgan fingerprint density at radius 2 is 1.80 bits per heavy atom. The van der Waals surface area contributed by atoms with Crippen LogP contribution in [0.25, 0.3) is 22.0 Å². The predicted molar refractivity (Wildman–Crippen MR) is 185 cm³/mol. The first kappa shape index (κ1) is 36.6. The number of halogens is 3. The zero-order valence-electron chi connectivity index (χ0n) is 25.1. The zero-order valence-corrected chi connectivity index (χ0v) is 28.4. The van der Waals surface area contributed by atoms with Crippen LogP contribution in [0.3, 0.4) is 0 Å². The van der Waals surface area contributed by atoms with Gasteiger partial charge in [-0.25, -0.2) is 13.4 Å². The van der Waals surface area contributed by atoms with Crippen molar-refractivity contribution in [1.82, 2.24) is 15.6 Å². The fraction of sp³-hybridized carbons (Fsp3) is 0.406. The number of carbonyl (C=O) groups excluding carboxylic acids is 2. The maximum Gasteiger partial charge on any atom is 0.238 e. The van der Waals surface area contributed by atoms with Crippen molar-refractivity contribution >= 4 is 75.2 Å². The lowest BCUT2D eigenvalue weighted by atomic mass is 10.1. The number of nitrogens with zero attached hydrogens (tertiary/aromatic N) is 2. The van der Waals surface area contributed by atoms with E-state index < -0.39 is 38.2 Å². The number of amides is 1. The Morgan fingerprint density at radius 3 is 2.42 bits per heavy atom. The molecule has 2 saturated carbocycles. The summed E-state index contributed by atoms with van der Waals surface area (Å²) in [6.07, 6.45) is 3.25. The molecule has 2 aliphatic carbocycles. The van der Waals surface area contributed by atoms with Crippen molar-refractivity contribution in [1.29, 1.82) is 0 Å². The van der Waals surface area contributed by atoms with Crippen LogP contribution in [-0.2, 0) is 19.4 Å². The standard InChI is InChI=1S/C32H36N4O5S.3ClH/c1-4-22-17-32(22,29(37)19-42(39,40)25-13-14-25)35-30(38)28-16-24(18-33-28)41-31-26-8-6-5-7-21(26)15-27(34-31)20-9-11-23(12-10-20)36(2)3;;;/h4-12,15,22,24-25,28,33H,1,13-14,16-19H2,2-3H3,(H,35,38);3*1H/t22-,24-,28+,32-;;;/m1.../s1. The molecule has 244 valence electrons. The van der Waals surface area contributed by atoms with E-state index in [1.165, 1.54) is 0 Å². The second-order valence-electron chi connectivity index (χ2n) is 11.8. The van der Waals surface area contributed by atoms with Crippen LogP contribution >= 0.6 is 37.2 Å². The molecule has 3 fully saturated rings. The van der Waals surface area contributed by atoms with Gasteiger partial charge >= 0.3 is 0 Å². The van der Waals surface area contributed by atoms with Gasteiger partial charge in [-0.2, -0.15) is 0 Å². The minimum absolute atomic E-state index is 0. The summed E-state index contributed by atoms with van der Waals surface area (Å²) in [7, 11) is 0.509. The Balaban J connectivity index is 0.00000184. The summed E-state index contributed by atoms with van der Waals surface area (Å²) in [5.41, 5.74) is 1.66. The quantitative estimate of drug-likeness (QED) is 0.281. The summed E-state index contributed by atoms with van der Waals surface area (Å²) in [6, 6.07) is 17.5. The average molecular weight is 698 g/mol. The number of fused-ring (bicyclic) bond motifs is 1. The van der Waals surface area contributed by atoms with Crippen molar-refractivity contribution in [2.45, 2.75) is 48.6 Å². The molecule has 0 spiro atoms. The Bertz CT molecular complexity index is 1670. The first-order valence-electron chi connectivity index (χ1n) is 14.4. The van der Waals surface area contributed by atoms with E-state index in [0.717, 1.165) is 27.7 Å². The molecule has 1 amide bonds. The Kier molecular flexibility index (Phi) is 11.6. The molecule has 0 unspecified atom stereocenters. The van der Waals surface area contributed by atoms with E-state index in [1.54, 1.807) is 6.08 Å². The Labute approximate surface area is 282 Å². The first-order chi connectivity index (χ1) is 20.1. The van der Waals surface area contributed by atoms with E-state index in [0.29, 0.717) is 38.1 Å². The number of pyridine rings is 1. The number of nitrogens with one attached hydrogen (secondary N) is 2. The van der Waals surface area contributed by atoms with Crippen molar-refractivity contribution < 1.29 is 22.7 Å². The van der Waals surface area contributed by atoms with Gasteiger partial charge in [0.2, 0.25) is 11.8 Å². The maximum absolute atomic E-state index is 13.3. The van der Waals surface area contributed by atoms with Crippen LogP contribution < -0.4 is 20.3 Å². The molecule has 2 heterocycles. The second kappa shape index (κ2) is 14.3. The number of hydrogen-bond acceptors (Lipinski definition) is 8. The van der Waals surface area contributed by atoms with Crippen LogP contribution in [0.15, 0.2) is 67.3 Å². The van der Waals surface area contributed by atoms with Gasteiger partial charge in [-0.1, -0.05) is 36.4 Å². The molecule has 3 aliphatic rings. The summed E-state index contributed by atoms with van der Waals surface area (Å²) < 4.78 is 31.4. The monoisotopic (exact) mass is 696 g/mol. The van der Waals surface area contributed by atoms with Crippen molar-refractivity contribution in [2.24, 2.45) is 5.92 Å². The van der Waals surface area contributed by atoms with Crippen LogP contribution in [0.5, 0.6) is 5.88 Å². The summed E-state index contributed by atoms with van der Waals surface area (Å²) in [5.74, 6) is -1.11. The number of hydrogen-bond donors (Lipinski definition) is 2. The molecule has 4 atom stereocenters. The van der Waals surface area contributed by atoms with Crippen LogP contribution in [0.2, 0.25) is 0 Å². The molecule has 3 aromatic rings. The van der Waals surface area contributed by atoms with Gasteiger partial charge in [-0.05, 0) is 48.9 Å². The van der Waals surface area contributed by atoms with Gasteiger partial charge in [0, 0.05) is 49.6 Å². The number of ether oxygens (including phenoxy) is 1. The fourth-order valence-electron chi connectivity index (χ4n) is 5.76. The van der Waals surface area contributed by atoms with Gasteiger partial charge in [0.15, 0.2) is 15.6 Å². The van der Waals surface area contributed by atoms with E-state index in [-0.39, 0.29) is 55.2 Å². The number of rotatable bonds is 11. The Hall–Kier alpha value is -2.89. The third-order valence-corrected chi connectivity index (χ3v) is 10.7. The van der Waals surface area contributed by atoms with Crippen molar-refractivity contribution in [3.05, 3.63) is 67.3 Å². The minimum atomic E-state index is -3.49. The fourth-order valence-corrected chi connectivity index (χ4v) is 7.47. The number of ketones is 1. The highest BCUT2D eigenvalue weighted by molar-refractivity contribution is 7.93. The minimum Gasteiger partial charge on any atom is -0.472 e. The normalized spacial score (nSPS) is 23.5. The van der Waals surface area contributed by atoms with E-state index in [2.05, 4.69) is 17.2 Å². The van der Waals surface area contributed by atoms with E-state index >= 15 is 0 Å². The SMILES string of the molecule is C=C[C@@H]1C[C@]1(NC(=O)[C@@H]1C[C@@H](Oc2nc(-c3ccc(N(C)C)cc3)cc3ccccc23)CN1)C(=O)CS(=O)(=O)C1CC1.Cl.Cl.Cl. The number of carbonyl (C=O) groups is 2. The summed E-state index contributed by atoms with van der Waals surface area (Å²) in [4.78, 5) is 33.4. The molecule has 0 radical (unpaired) electrons. The van der Waals surface area contributed by atoms with Gasteiger partial charge in [-0.15, -0.1) is 43.8 Å². The smallest absolute Gasteiger partial charge is 0.238 e. The number of sulfone groups is 1. The third kappa shape index (κ3) is 7.58. The highest BCUT2D eigenvalue weighted by atomic mass is 35.5. The maximum atomic E-state index is 13.3. The van der Waals surface area contributed by atoms with Crippen molar-refractivity contribution in [3.63, 3.8) is 0 Å². The van der Waals surface area contributed by atoms with E-state index in [4.69, 9.17) is 9.72 Å². The molecule has 1 saturated heterocycles. The van der Waals surface area contributed by atoms with Crippen molar-refractivity contribution in [3.8, 4) is 17.1 Å². The number of aromatic nitrogens is 1. The molecule has 6 rings (SSSR count). The molecule has 1 aromatic heterocycles. The number of benzene rings is 2. The van der Waals surface area contributed by atoms with Gasteiger partial charge in [0.1, 0.15) is 17.4 Å². The predicted octanol–water partition coefficient (Wildman–Crippen LogP) is 4.55. The van der Waals surface area contributed by atoms with E-state index in [9.17, 15) is 18.0 Å². The van der Waals surface area contributed by atoms with Crippen LogP contribution in [0.4, 0.5) is 5.69 Å². The Morgan fingerprint density at radius 1 is 1.11 bits per heavy atom. The number of Topliss-reactive ketones (excluding diaryl/α,β-unsaturated/α-hetero) is 1. The summed E-state index contributed by atoms with van der Waals surface area (Å²) in [5, 5.41) is 7.56. The zero-order chi connectivity index (χ0) is 29.6. The van der Waals surface area contributed by atoms with Gasteiger partial charge in [-0.3, -0.25) is 9.59 Å². The highest BCUT2D eigenvalue weighted by Crippen LogP contribution is 2.46. The molecule has 1 aliphatic heterocycles. The van der Waals surface area contributed by atoms with Gasteiger partial charge in [0.25, 0.3) is 0 Å². The highest BCUT2D eigenvalue weighted by Gasteiger charge is 2.60. The molecule has 0 bridgehead atoms. The summed E-state index contributed by atoms with van der Waals surface area (Å²) >= 11 is 0. The molecular weight excluding hydrogens is 659 g/mol. The van der Waals surface area contributed by atoms with Crippen LogP contribution in [-0.4, -0.2) is 74.4 Å². The lowest BCUT2D eigenvalue weighted by Crippen LogP contribution is -2.52. The molecule has 2 aromatic carbocycles. The average Bonchev–Trinajstić information content (AvgIpc) is 3.90. The molecule has 9 nitrogen and oxygen atoms in total. The molecule has 2 N–H and O–H groups in total. The topological polar surface area (TPSA) is 118 Å². The first-order valence-corrected chi connectivity index (χ1v) is 16.1. The number of anilines is 1. The third-order valence-electron chi connectivity index (χ3n) is 8.58. The molecule has 13 heteroatoms. The van der Waals surface area contributed by atoms with Crippen LogP contribution in [0.1, 0.15) is 25.7 Å². The summed E-state index contributed by atoms with van der Waals surface area (Å²) in [6.45, 7) is 4.20. The molecule has 45 heavy (non-hydrogen) atoms. The van der Waals surface area contributed by atoms with E-state index in [1.807, 2.05) is 73.6 Å². The van der Waals surface area contributed by atoms with Gasteiger partial charge < -0.3 is 20.3 Å². The van der Waals surface area contributed by atoms with Crippen molar-refractivity contribution in [2.75, 3.05) is 31.3 Å².